The summed E-state index contributed by atoms with van der Waals surface area (Å²) >= 11 is 0. The number of hydrogen-bond acceptors (Lipinski definition) is 4. The molecular weight excluding hydrogens is 248 g/mol. The summed E-state index contributed by atoms with van der Waals surface area (Å²) in [7, 11) is 0. The summed E-state index contributed by atoms with van der Waals surface area (Å²) in [6.45, 7) is 8.54. The molecule has 4 nitrogen and oxygen atoms in total. The van der Waals surface area contributed by atoms with Gasteiger partial charge in [-0.15, -0.1) is 0 Å². The van der Waals surface area contributed by atoms with E-state index >= 15 is 0 Å². The van der Waals surface area contributed by atoms with Crippen molar-refractivity contribution in [2.24, 2.45) is 0 Å². The molecule has 0 spiro atoms. The largest absolute Gasteiger partial charge is 0.369 e. The molecule has 0 bridgehead atoms. The van der Waals surface area contributed by atoms with Crippen molar-refractivity contribution in [3.05, 3.63) is 23.0 Å². The molecule has 2 aliphatic rings. The van der Waals surface area contributed by atoms with E-state index in [4.69, 9.17) is 0 Å². The molecule has 4 heteroatoms. The minimum atomic E-state index is 0.665. The fraction of sp³-hybridized carbons (Fsp3) is 0.625. The highest BCUT2D eigenvalue weighted by Gasteiger charge is 2.30. The minimum Gasteiger partial charge on any atom is -0.369 e. The normalized spacial score (nSPS) is 23.2. The first-order valence-electron chi connectivity index (χ1n) is 7.56. The average molecular weight is 270 g/mol. The lowest BCUT2D eigenvalue weighted by Crippen LogP contribution is -2.35. The van der Waals surface area contributed by atoms with E-state index in [0.717, 1.165) is 35.7 Å². The molecule has 0 amide bonds. The standard InChI is InChI=1S/C16H22N4/c1-12-9-16(15(10-17)13(2)18-12)20-8-5-14(11-20)19-6-3-4-7-19/h9,14H,3-8,11H2,1-2H3. The van der Waals surface area contributed by atoms with Gasteiger partial charge in [-0.2, -0.15) is 5.26 Å². The lowest BCUT2D eigenvalue weighted by atomic mass is 10.1. The lowest BCUT2D eigenvalue weighted by Gasteiger charge is -2.25. The summed E-state index contributed by atoms with van der Waals surface area (Å²) in [5, 5.41) is 9.40. The molecule has 1 atom stereocenters. The number of hydrogen-bond donors (Lipinski definition) is 0. The van der Waals surface area contributed by atoms with Crippen LogP contribution < -0.4 is 4.90 Å². The maximum Gasteiger partial charge on any atom is 0.103 e. The number of pyridine rings is 1. The zero-order valence-electron chi connectivity index (χ0n) is 12.4. The Morgan fingerprint density at radius 3 is 2.70 bits per heavy atom. The molecule has 2 saturated heterocycles. The molecule has 3 rings (SSSR count). The summed E-state index contributed by atoms with van der Waals surface area (Å²) in [6.07, 6.45) is 3.89. The molecule has 1 aromatic rings. The van der Waals surface area contributed by atoms with E-state index in [-0.39, 0.29) is 0 Å². The fourth-order valence-electron chi connectivity index (χ4n) is 3.56. The molecule has 2 fully saturated rings. The van der Waals surface area contributed by atoms with Gasteiger partial charge in [0.25, 0.3) is 0 Å². The van der Waals surface area contributed by atoms with Crippen LogP contribution in [0.5, 0.6) is 0 Å². The van der Waals surface area contributed by atoms with Crippen molar-refractivity contribution in [1.29, 1.82) is 5.26 Å². The summed E-state index contributed by atoms with van der Waals surface area (Å²) in [5.74, 6) is 0. The highest BCUT2D eigenvalue weighted by atomic mass is 15.3. The Balaban J connectivity index is 1.82. The number of aryl methyl sites for hydroxylation is 2. The molecule has 2 aliphatic heterocycles. The molecule has 106 valence electrons. The Kier molecular flexibility index (Phi) is 3.62. The van der Waals surface area contributed by atoms with E-state index in [9.17, 15) is 5.26 Å². The first-order chi connectivity index (χ1) is 9.69. The van der Waals surface area contributed by atoms with Gasteiger partial charge >= 0.3 is 0 Å². The van der Waals surface area contributed by atoms with Gasteiger partial charge in [-0.05, 0) is 52.3 Å². The maximum atomic E-state index is 9.40. The third-order valence-electron chi connectivity index (χ3n) is 4.58. The van der Waals surface area contributed by atoms with Crippen LogP contribution in [0.1, 0.15) is 36.2 Å². The van der Waals surface area contributed by atoms with Crippen LogP contribution in [-0.2, 0) is 0 Å². The van der Waals surface area contributed by atoms with Crippen LogP contribution in [0.2, 0.25) is 0 Å². The Morgan fingerprint density at radius 1 is 1.25 bits per heavy atom. The van der Waals surface area contributed by atoms with Crippen molar-refractivity contribution in [3.8, 4) is 6.07 Å². The highest BCUT2D eigenvalue weighted by Crippen LogP contribution is 2.29. The Labute approximate surface area is 121 Å². The number of nitrogens with zero attached hydrogens (tertiary/aromatic N) is 4. The molecular formula is C16H22N4. The monoisotopic (exact) mass is 270 g/mol. The molecule has 3 heterocycles. The van der Waals surface area contributed by atoms with Gasteiger partial charge in [0.05, 0.1) is 16.9 Å². The Morgan fingerprint density at radius 2 is 2.00 bits per heavy atom. The highest BCUT2D eigenvalue weighted by molar-refractivity contribution is 5.62. The zero-order chi connectivity index (χ0) is 14.1. The van der Waals surface area contributed by atoms with Crippen molar-refractivity contribution in [3.63, 3.8) is 0 Å². The zero-order valence-corrected chi connectivity index (χ0v) is 12.4. The van der Waals surface area contributed by atoms with Gasteiger partial charge in [0.2, 0.25) is 0 Å². The van der Waals surface area contributed by atoms with Gasteiger partial charge in [-0.3, -0.25) is 9.88 Å². The molecule has 0 N–H and O–H groups in total. The van der Waals surface area contributed by atoms with Crippen LogP contribution in [0.3, 0.4) is 0 Å². The van der Waals surface area contributed by atoms with Crippen molar-refractivity contribution >= 4 is 5.69 Å². The summed E-state index contributed by atoms with van der Waals surface area (Å²) in [4.78, 5) is 9.41. The van der Waals surface area contributed by atoms with E-state index in [1.54, 1.807) is 0 Å². The summed E-state index contributed by atoms with van der Waals surface area (Å²) in [6, 6.07) is 5.07. The fourth-order valence-corrected chi connectivity index (χ4v) is 3.56. The minimum absolute atomic E-state index is 0.665. The van der Waals surface area contributed by atoms with Gasteiger partial charge in [0, 0.05) is 24.8 Å². The van der Waals surface area contributed by atoms with Crippen molar-refractivity contribution in [1.82, 2.24) is 9.88 Å². The van der Waals surface area contributed by atoms with Crippen LogP contribution >= 0.6 is 0 Å². The van der Waals surface area contributed by atoms with Gasteiger partial charge in [0.15, 0.2) is 0 Å². The SMILES string of the molecule is Cc1cc(N2CCC(N3CCCC3)C2)c(C#N)c(C)n1. The third kappa shape index (κ3) is 2.38. The second-order valence-electron chi connectivity index (χ2n) is 5.99. The molecule has 0 aromatic carbocycles. The van der Waals surface area contributed by atoms with Gasteiger partial charge in [-0.1, -0.05) is 0 Å². The molecule has 0 aliphatic carbocycles. The topological polar surface area (TPSA) is 43.2 Å². The number of likely N-dealkylation sites (tertiary alicyclic amines) is 1. The van der Waals surface area contributed by atoms with Crippen molar-refractivity contribution in [2.75, 3.05) is 31.1 Å². The van der Waals surface area contributed by atoms with E-state index < -0.39 is 0 Å². The molecule has 1 unspecified atom stereocenters. The number of aromatic nitrogens is 1. The van der Waals surface area contributed by atoms with Crippen LogP contribution in [0, 0.1) is 25.2 Å². The van der Waals surface area contributed by atoms with E-state index in [1.807, 2.05) is 13.8 Å². The number of rotatable bonds is 2. The first-order valence-corrected chi connectivity index (χ1v) is 7.56. The van der Waals surface area contributed by atoms with Crippen LogP contribution in [0.25, 0.3) is 0 Å². The quantitative estimate of drug-likeness (QED) is 0.826. The maximum absolute atomic E-state index is 9.40. The smallest absolute Gasteiger partial charge is 0.103 e. The lowest BCUT2D eigenvalue weighted by molar-refractivity contribution is 0.260. The second-order valence-corrected chi connectivity index (χ2v) is 5.99. The van der Waals surface area contributed by atoms with Gasteiger partial charge in [0.1, 0.15) is 6.07 Å². The van der Waals surface area contributed by atoms with Gasteiger partial charge < -0.3 is 4.90 Å². The van der Waals surface area contributed by atoms with Crippen LogP contribution in [-0.4, -0.2) is 42.1 Å². The first kappa shape index (κ1) is 13.4. The average Bonchev–Trinajstić information content (AvgIpc) is 3.09. The number of anilines is 1. The third-order valence-corrected chi connectivity index (χ3v) is 4.58. The Hall–Kier alpha value is -1.60. The molecule has 0 saturated carbocycles. The van der Waals surface area contributed by atoms with Gasteiger partial charge in [-0.25, -0.2) is 0 Å². The summed E-state index contributed by atoms with van der Waals surface area (Å²) < 4.78 is 0. The molecule has 0 radical (unpaired) electrons. The van der Waals surface area contributed by atoms with E-state index in [2.05, 4.69) is 26.9 Å². The van der Waals surface area contributed by atoms with Crippen molar-refractivity contribution in [2.45, 2.75) is 39.2 Å². The van der Waals surface area contributed by atoms with Crippen LogP contribution in [0.15, 0.2) is 6.07 Å². The predicted octanol–water partition coefficient (Wildman–Crippen LogP) is 2.24. The number of nitriles is 1. The summed E-state index contributed by atoms with van der Waals surface area (Å²) in [5.41, 5.74) is 3.69. The predicted molar refractivity (Wildman–Crippen MR) is 79.9 cm³/mol. The van der Waals surface area contributed by atoms with Crippen LogP contribution in [0.4, 0.5) is 5.69 Å². The van der Waals surface area contributed by atoms with Crippen molar-refractivity contribution < 1.29 is 0 Å². The molecule has 1 aromatic heterocycles. The second kappa shape index (κ2) is 5.41. The Bertz CT molecular complexity index is 540. The molecule has 20 heavy (non-hydrogen) atoms. The van der Waals surface area contributed by atoms with E-state index in [1.165, 1.54) is 32.4 Å². The van der Waals surface area contributed by atoms with E-state index in [0.29, 0.717) is 6.04 Å².